The zero-order valence-electron chi connectivity index (χ0n) is 17.9. The van der Waals surface area contributed by atoms with Crippen LogP contribution in [0, 0.1) is 5.82 Å². The van der Waals surface area contributed by atoms with Crippen molar-refractivity contribution >= 4 is 34.8 Å². The summed E-state index contributed by atoms with van der Waals surface area (Å²) in [7, 11) is 0. The number of carboxylic acid groups (broad SMARTS) is 1. The molecule has 0 saturated heterocycles. The molecule has 0 atom stereocenters. The first-order chi connectivity index (χ1) is 15.0. The molecule has 1 aliphatic rings. The van der Waals surface area contributed by atoms with Crippen molar-refractivity contribution in [1.82, 2.24) is 4.98 Å². The fourth-order valence-electron chi connectivity index (χ4n) is 3.76. The first-order valence-electron chi connectivity index (χ1n) is 10.2. The summed E-state index contributed by atoms with van der Waals surface area (Å²) in [5.41, 5.74) is 4.02. The van der Waals surface area contributed by atoms with E-state index in [0.29, 0.717) is 22.8 Å². The van der Waals surface area contributed by atoms with Gasteiger partial charge >= 0.3 is 29.6 Å². The molecule has 0 unspecified atom stereocenters. The van der Waals surface area contributed by atoms with E-state index < -0.39 is 11.8 Å². The number of pyridine rings is 1. The molecule has 0 aliphatic carbocycles. The molecule has 1 aliphatic heterocycles. The molecule has 0 amide bonds. The van der Waals surface area contributed by atoms with Crippen LogP contribution in [-0.2, 0) is 24.2 Å². The Kier molecular flexibility index (Phi) is 8.54. The Morgan fingerprint density at radius 1 is 1.19 bits per heavy atom. The molecule has 0 radical (unpaired) electrons. The van der Waals surface area contributed by atoms with Crippen molar-refractivity contribution in [2.75, 3.05) is 16.8 Å². The van der Waals surface area contributed by atoms with E-state index in [0.717, 1.165) is 36.6 Å². The maximum Gasteiger partial charge on any atom is 1.00 e. The van der Waals surface area contributed by atoms with Gasteiger partial charge in [-0.05, 0) is 73.2 Å². The summed E-state index contributed by atoms with van der Waals surface area (Å²) < 4.78 is 14.2. The fourth-order valence-corrected chi connectivity index (χ4v) is 3.95. The van der Waals surface area contributed by atoms with E-state index in [2.05, 4.69) is 16.3 Å². The minimum absolute atomic E-state index is 0. The third-order valence-corrected chi connectivity index (χ3v) is 5.58. The second-order valence-electron chi connectivity index (χ2n) is 7.55. The number of rotatable bonds is 7. The summed E-state index contributed by atoms with van der Waals surface area (Å²) in [4.78, 5) is 17.6. The molecule has 0 fully saturated rings. The number of halogens is 2. The predicted molar refractivity (Wildman–Crippen MR) is 118 cm³/mol. The zero-order valence-corrected chi connectivity index (χ0v) is 20.7. The molecule has 2 aromatic carbocycles. The van der Waals surface area contributed by atoms with Gasteiger partial charge in [0.05, 0.1) is 12.2 Å². The molecule has 0 saturated carbocycles. The number of nitrogens with one attached hydrogen (secondary N) is 1. The SMILES string of the molecule is O=C([O-])CCc1ccc(NCc2ccc3c(n2)N(c2cccc(Cl)c2)CCC3)cc1F.[Na+]. The number of carbonyl (C=O) groups excluding carboxylic acids is 1. The van der Waals surface area contributed by atoms with Crippen LogP contribution in [0.15, 0.2) is 54.6 Å². The van der Waals surface area contributed by atoms with Crippen molar-refractivity contribution < 1.29 is 43.8 Å². The van der Waals surface area contributed by atoms with Crippen molar-refractivity contribution in [3.8, 4) is 0 Å². The zero-order chi connectivity index (χ0) is 21.8. The number of hydrogen-bond donors (Lipinski definition) is 1. The van der Waals surface area contributed by atoms with Gasteiger partial charge in [0, 0.05) is 28.9 Å². The molecule has 3 aromatic rings. The molecule has 1 N–H and O–H groups in total. The monoisotopic (exact) mass is 461 g/mol. The van der Waals surface area contributed by atoms with E-state index in [4.69, 9.17) is 16.6 Å². The van der Waals surface area contributed by atoms with Crippen LogP contribution in [0.5, 0.6) is 0 Å². The van der Waals surface area contributed by atoms with Crippen LogP contribution in [0.1, 0.15) is 29.7 Å². The fraction of sp³-hybridized carbons (Fsp3) is 0.250. The molecule has 5 nitrogen and oxygen atoms in total. The molecule has 32 heavy (non-hydrogen) atoms. The maximum absolute atomic E-state index is 14.2. The average molecular weight is 462 g/mol. The second-order valence-corrected chi connectivity index (χ2v) is 7.99. The van der Waals surface area contributed by atoms with E-state index in [-0.39, 0.29) is 42.4 Å². The van der Waals surface area contributed by atoms with Crippen molar-refractivity contribution in [1.29, 1.82) is 0 Å². The standard InChI is InChI=1S/C24H23ClFN3O2.Na/c25-18-4-1-5-21(13-18)29-12-2-3-17-7-10-20(28-24(17)29)15-27-19-9-6-16(22(26)14-19)8-11-23(30)31;/h1,4-7,9-10,13-14,27H,2-3,8,11-12,15H2,(H,30,31);/q;+1/p-1. The van der Waals surface area contributed by atoms with E-state index in [9.17, 15) is 14.3 Å². The summed E-state index contributed by atoms with van der Waals surface area (Å²) in [6, 6.07) is 16.5. The number of benzene rings is 2. The smallest absolute Gasteiger partial charge is 0.550 e. The third-order valence-electron chi connectivity index (χ3n) is 5.34. The molecule has 2 heterocycles. The van der Waals surface area contributed by atoms with Crippen LogP contribution < -0.4 is 44.9 Å². The summed E-state index contributed by atoms with van der Waals surface area (Å²) >= 11 is 6.18. The minimum atomic E-state index is -1.19. The van der Waals surface area contributed by atoms with Gasteiger partial charge in [-0.3, -0.25) is 0 Å². The number of nitrogens with zero attached hydrogens (tertiary/aromatic N) is 2. The van der Waals surface area contributed by atoms with Gasteiger partial charge in [0.1, 0.15) is 11.6 Å². The molecular formula is C24H22ClFN3NaO2. The Hall–Kier alpha value is -2.12. The Labute approximate surface area is 213 Å². The summed E-state index contributed by atoms with van der Waals surface area (Å²) in [6.07, 6.45) is 1.93. The Morgan fingerprint density at radius 3 is 2.78 bits per heavy atom. The number of aromatic nitrogens is 1. The van der Waals surface area contributed by atoms with Crippen LogP contribution >= 0.6 is 11.6 Å². The number of carboxylic acids is 1. The number of anilines is 3. The maximum atomic E-state index is 14.2. The van der Waals surface area contributed by atoms with Crippen LogP contribution in [0.25, 0.3) is 0 Å². The minimum Gasteiger partial charge on any atom is -0.550 e. The van der Waals surface area contributed by atoms with Crippen LogP contribution in [0.2, 0.25) is 5.02 Å². The van der Waals surface area contributed by atoms with Gasteiger partial charge in [0.2, 0.25) is 0 Å². The van der Waals surface area contributed by atoms with Crippen molar-refractivity contribution in [3.05, 3.63) is 82.3 Å². The van der Waals surface area contributed by atoms with E-state index >= 15 is 0 Å². The number of carbonyl (C=O) groups is 1. The molecule has 0 spiro atoms. The second kappa shape index (κ2) is 11.1. The number of hydrogen-bond acceptors (Lipinski definition) is 5. The summed E-state index contributed by atoms with van der Waals surface area (Å²) in [5, 5.41) is 14.5. The number of aliphatic carboxylic acids is 1. The molecule has 1 aromatic heterocycles. The quantitative estimate of drug-likeness (QED) is 0.536. The Morgan fingerprint density at radius 2 is 2.03 bits per heavy atom. The van der Waals surface area contributed by atoms with Gasteiger partial charge in [-0.25, -0.2) is 9.37 Å². The molecule has 8 heteroatoms. The molecular weight excluding hydrogens is 440 g/mol. The van der Waals surface area contributed by atoms with Crippen molar-refractivity contribution in [2.24, 2.45) is 0 Å². The third kappa shape index (κ3) is 6.01. The van der Waals surface area contributed by atoms with E-state index in [1.807, 2.05) is 30.3 Å². The van der Waals surface area contributed by atoms with Crippen LogP contribution in [-0.4, -0.2) is 17.5 Å². The van der Waals surface area contributed by atoms with Gasteiger partial charge in [0.25, 0.3) is 0 Å². The average Bonchev–Trinajstić information content (AvgIpc) is 2.76. The first kappa shape index (κ1) is 24.5. The molecule has 0 bridgehead atoms. The largest absolute Gasteiger partial charge is 1.00 e. The first-order valence-corrected chi connectivity index (χ1v) is 10.6. The molecule has 4 rings (SSSR count). The predicted octanol–water partition coefficient (Wildman–Crippen LogP) is 1.26. The Bertz CT molecular complexity index is 1110. The normalized spacial score (nSPS) is 12.6. The Balaban J connectivity index is 0.00000289. The van der Waals surface area contributed by atoms with Crippen molar-refractivity contribution in [2.45, 2.75) is 32.2 Å². The van der Waals surface area contributed by atoms with Gasteiger partial charge < -0.3 is 20.1 Å². The van der Waals surface area contributed by atoms with Crippen molar-refractivity contribution in [3.63, 3.8) is 0 Å². The summed E-state index contributed by atoms with van der Waals surface area (Å²) in [6.45, 7) is 1.31. The van der Waals surface area contributed by atoms with Crippen LogP contribution in [0.3, 0.4) is 0 Å². The van der Waals surface area contributed by atoms with Gasteiger partial charge in [-0.2, -0.15) is 0 Å². The summed E-state index contributed by atoms with van der Waals surface area (Å²) in [5.74, 6) is -0.694. The number of aryl methyl sites for hydroxylation is 2. The van der Waals surface area contributed by atoms with E-state index in [1.165, 1.54) is 11.6 Å². The van der Waals surface area contributed by atoms with Crippen LogP contribution in [0.4, 0.5) is 21.6 Å². The van der Waals surface area contributed by atoms with Gasteiger partial charge in [0.15, 0.2) is 0 Å². The topological polar surface area (TPSA) is 68.3 Å². The number of fused-ring (bicyclic) bond motifs is 1. The van der Waals surface area contributed by atoms with Gasteiger partial charge in [-0.1, -0.05) is 29.8 Å². The molecule has 160 valence electrons. The van der Waals surface area contributed by atoms with E-state index in [1.54, 1.807) is 12.1 Å². The van der Waals surface area contributed by atoms with Gasteiger partial charge in [-0.15, -0.1) is 0 Å².